The number of carboxylic acids is 1. The van der Waals surface area contributed by atoms with Gasteiger partial charge in [-0.05, 0) is 42.0 Å². The topological polar surface area (TPSA) is 79.7 Å². The maximum absolute atomic E-state index is 13.5. The molecule has 1 atom stereocenters. The zero-order valence-electron chi connectivity index (χ0n) is 17.2. The summed E-state index contributed by atoms with van der Waals surface area (Å²) >= 11 is 3.20. The molecule has 32 heavy (non-hydrogen) atoms. The van der Waals surface area contributed by atoms with Crippen molar-refractivity contribution >= 4 is 40.4 Å². The summed E-state index contributed by atoms with van der Waals surface area (Å²) in [5, 5.41) is 18.5. The normalized spacial score (nSPS) is 12.1. The molecule has 0 aliphatic carbocycles. The van der Waals surface area contributed by atoms with Crippen molar-refractivity contribution in [1.29, 1.82) is 0 Å². The number of nitrogens with zero attached hydrogens (tertiary/aromatic N) is 1. The summed E-state index contributed by atoms with van der Waals surface area (Å²) in [7, 11) is 0. The van der Waals surface area contributed by atoms with Gasteiger partial charge in [0.15, 0.2) is 11.6 Å². The molecule has 170 valence electrons. The Hall–Kier alpha value is -2.36. The SMILES string of the molecule is O=C(O)CCSC(SCCCO)c1cccc(OCc2ccc3cc(F)c(F)cc3n2)c1. The van der Waals surface area contributed by atoms with Gasteiger partial charge in [-0.15, -0.1) is 23.5 Å². The molecular weight excluding hydrogens is 456 g/mol. The van der Waals surface area contributed by atoms with Crippen molar-refractivity contribution < 1.29 is 28.5 Å². The number of aliphatic hydroxyl groups excluding tert-OH is 1. The molecule has 9 heteroatoms. The van der Waals surface area contributed by atoms with Crippen LogP contribution in [0.25, 0.3) is 10.9 Å². The first-order valence-electron chi connectivity index (χ1n) is 9.99. The number of thioether (sulfide) groups is 2. The fraction of sp³-hybridized carbons (Fsp3) is 0.304. The molecule has 0 fully saturated rings. The molecular formula is C23H23F2NO4S2. The number of benzene rings is 2. The Morgan fingerprint density at radius 1 is 1.06 bits per heavy atom. The van der Waals surface area contributed by atoms with E-state index in [2.05, 4.69) is 4.98 Å². The molecule has 0 aliphatic heterocycles. The van der Waals surface area contributed by atoms with Gasteiger partial charge in [-0.1, -0.05) is 18.2 Å². The third-order valence-electron chi connectivity index (χ3n) is 4.46. The standard InChI is InChI=1S/C23H23F2NO4S2/c24-19-12-15-5-6-17(26-21(15)13-20(19)25)14-30-18-4-1-3-16(11-18)23(31-9-2-8-27)32-10-7-22(28)29/h1,3-6,11-13,23,27H,2,7-10,14H2,(H,28,29). The van der Waals surface area contributed by atoms with Crippen LogP contribution in [0.2, 0.25) is 0 Å². The number of carboxylic acid groups (broad SMARTS) is 1. The number of ether oxygens (including phenoxy) is 1. The third-order valence-corrected chi connectivity index (χ3v) is 7.39. The second kappa shape index (κ2) is 12.0. The Bertz CT molecular complexity index is 1070. The van der Waals surface area contributed by atoms with Crippen LogP contribution < -0.4 is 4.74 Å². The lowest BCUT2D eigenvalue weighted by atomic mass is 10.2. The molecule has 3 rings (SSSR count). The Kier molecular flexibility index (Phi) is 9.13. The number of rotatable bonds is 12. The van der Waals surface area contributed by atoms with Gasteiger partial charge >= 0.3 is 5.97 Å². The first kappa shape index (κ1) is 24.3. The predicted molar refractivity (Wildman–Crippen MR) is 124 cm³/mol. The van der Waals surface area contributed by atoms with Gasteiger partial charge in [-0.25, -0.2) is 13.8 Å². The van der Waals surface area contributed by atoms with Crippen LogP contribution in [0.4, 0.5) is 8.78 Å². The Morgan fingerprint density at radius 2 is 1.84 bits per heavy atom. The molecule has 0 saturated carbocycles. The van der Waals surface area contributed by atoms with Crippen molar-refractivity contribution in [3.63, 3.8) is 0 Å². The summed E-state index contributed by atoms with van der Waals surface area (Å²) in [5.74, 6) is -0.825. The maximum Gasteiger partial charge on any atom is 0.304 e. The summed E-state index contributed by atoms with van der Waals surface area (Å²) in [6.45, 7) is 0.269. The fourth-order valence-corrected chi connectivity index (χ4v) is 5.55. The summed E-state index contributed by atoms with van der Waals surface area (Å²) < 4.78 is 32.7. The van der Waals surface area contributed by atoms with Gasteiger partial charge in [-0.3, -0.25) is 4.79 Å². The van der Waals surface area contributed by atoms with Gasteiger partial charge in [0, 0.05) is 23.8 Å². The number of aromatic nitrogens is 1. The highest BCUT2D eigenvalue weighted by molar-refractivity contribution is 8.16. The van der Waals surface area contributed by atoms with E-state index in [-0.39, 0.29) is 24.2 Å². The molecule has 2 N–H and O–H groups in total. The first-order chi connectivity index (χ1) is 15.5. The highest BCUT2D eigenvalue weighted by Crippen LogP contribution is 2.41. The number of halogens is 2. The summed E-state index contributed by atoms with van der Waals surface area (Å²) in [6.07, 6.45) is 0.741. The lowest BCUT2D eigenvalue weighted by Gasteiger charge is -2.17. The van der Waals surface area contributed by atoms with Crippen LogP contribution in [0.1, 0.15) is 28.7 Å². The Labute approximate surface area is 193 Å². The summed E-state index contributed by atoms with van der Waals surface area (Å²) in [5.41, 5.74) is 1.93. The molecule has 0 amide bonds. The van der Waals surface area contributed by atoms with Crippen molar-refractivity contribution in [1.82, 2.24) is 4.98 Å². The van der Waals surface area contributed by atoms with E-state index in [1.54, 1.807) is 35.7 Å². The van der Waals surface area contributed by atoms with Crippen molar-refractivity contribution in [2.45, 2.75) is 24.0 Å². The average Bonchev–Trinajstić information content (AvgIpc) is 2.77. The van der Waals surface area contributed by atoms with E-state index in [0.29, 0.717) is 34.5 Å². The van der Waals surface area contributed by atoms with Gasteiger partial charge < -0.3 is 14.9 Å². The van der Waals surface area contributed by atoms with Crippen LogP contribution in [-0.4, -0.2) is 39.3 Å². The molecule has 0 radical (unpaired) electrons. The van der Waals surface area contributed by atoms with Crippen LogP contribution in [0.15, 0.2) is 48.5 Å². The first-order valence-corrected chi connectivity index (χ1v) is 12.1. The van der Waals surface area contributed by atoms with E-state index in [1.165, 1.54) is 0 Å². The second-order valence-electron chi connectivity index (χ2n) is 6.92. The molecule has 0 bridgehead atoms. The van der Waals surface area contributed by atoms with E-state index in [4.69, 9.17) is 14.9 Å². The van der Waals surface area contributed by atoms with Crippen LogP contribution in [0.5, 0.6) is 5.75 Å². The minimum atomic E-state index is -0.944. The Balaban J connectivity index is 1.68. The van der Waals surface area contributed by atoms with Gasteiger partial charge in [-0.2, -0.15) is 0 Å². The third kappa shape index (κ3) is 7.08. The van der Waals surface area contributed by atoms with E-state index in [0.717, 1.165) is 23.4 Å². The molecule has 1 aromatic heterocycles. The lowest BCUT2D eigenvalue weighted by Crippen LogP contribution is -2.01. The number of fused-ring (bicyclic) bond motifs is 1. The summed E-state index contributed by atoms with van der Waals surface area (Å²) in [6, 6.07) is 13.1. The van der Waals surface area contributed by atoms with Crippen molar-refractivity contribution in [3.05, 3.63) is 71.4 Å². The average molecular weight is 480 g/mol. The highest BCUT2D eigenvalue weighted by Gasteiger charge is 2.15. The van der Waals surface area contributed by atoms with Crippen molar-refractivity contribution in [2.24, 2.45) is 0 Å². The summed E-state index contributed by atoms with van der Waals surface area (Å²) in [4.78, 5) is 15.2. The second-order valence-corrected chi connectivity index (χ2v) is 9.64. The zero-order valence-corrected chi connectivity index (χ0v) is 18.8. The van der Waals surface area contributed by atoms with Crippen LogP contribution in [0, 0.1) is 11.6 Å². The zero-order chi connectivity index (χ0) is 22.9. The van der Waals surface area contributed by atoms with Gasteiger partial charge in [0.2, 0.25) is 0 Å². The fourth-order valence-electron chi connectivity index (χ4n) is 2.90. The quantitative estimate of drug-likeness (QED) is 0.265. The minimum Gasteiger partial charge on any atom is -0.487 e. The molecule has 0 saturated heterocycles. The lowest BCUT2D eigenvalue weighted by molar-refractivity contribution is -0.136. The number of aliphatic carboxylic acids is 1. The van der Waals surface area contributed by atoms with E-state index in [9.17, 15) is 13.6 Å². The molecule has 1 heterocycles. The predicted octanol–water partition coefficient (Wildman–Crippen LogP) is 5.41. The van der Waals surface area contributed by atoms with Crippen LogP contribution >= 0.6 is 23.5 Å². The molecule has 0 aliphatic rings. The van der Waals surface area contributed by atoms with E-state index < -0.39 is 17.6 Å². The van der Waals surface area contributed by atoms with Crippen molar-refractivity contribution in [3.8, 4) is 5.75 Å². The molecule has 1 unspecified atom stereocenters. The van der Waals surface area contributed by atoms with E-state index in [1.807, 2.05) is 24.3 Å². The highest BCUT2D eigenvalue weighted by atomic mass is 32.2. The number of pyridine rings is 1. The molecule has 5 nitrogen and oxygen atoms in total. The monoisotopic (exact) mass is 479 g/mol. The Morgan fingerprint density at radius 3 is 2.62 bits per heavy atom. The smallest absolute Gasteiger partial charge is 0.304 e. The number of carbonyl (C=O) groups is 1. The number of hydrogen-bond acceptors (Lipinski definition) is 6. The number of aliphatic hydroxyl groups is 1. The molecule has 0 spiro atoms. The number of hydrogen-bond donors (Lipinski definition) is 2. The van der Waals surface area contributed by atoms with E-state index >= 15 is 0 Å². The molecule has 2 aromatic carbocycles. The van der Waals surface area contributed by atoms with Crippen LogP contribution in [0.3, 0.4) is 0 Å². The van der Waals surface area contributed by atoms with Gasteiger partial charge in [0.25, 0.3) is 0 Å². The van der Waals surface area contributed by atoms with Gasteiger partial charge in [0.1, 0.15) is 12.4 Å². The largest absolute Gasteiger partial charge is 0.487 e. The van der Waals surface area contributed by atoms with Crippen LogP contribution in [-0.2, 0) is 11.4 Å². The molecule has 3 aromatic rings. The minimum absolute atomic E-state index is 0.0149. The maximum atomic E-state index is 13.5. The van der Waals surface area contributed by atoms with Crippen molar-refractivity contribution in [2.75, 3.05) is 18.1 Å². The van der Waals surface area contributed by atoms with Gasteiger partial charge in [0.05, 0.1) is 22.2 Å².